The Hall–Kier alpha value is -1.28. The Morgan fingerprint density at radius 2 is 2.12 bits per heavy atom. The van der Waals surface area contributed by atoms with E-state index >= 15 is 0 Å². The van der Waals surface area contributed by atoms with Crippen LogP contribution in [0.2, 0.25) is 5.02 Å². The van der Waals surface area contributed by atoms with Crippen LogP contribution in [0, 0.1) is 0 Å². The zero-order chi connectivity index (χ0) is 18.4. The van der Waals surface area contributed by atoms with Gasteiger partial charge in [-0.05, 0) is 20.2 Å². The fourth-order valence-corrected chi connectivity index (χ4v) is 4.44. The molecule has 0 aliphatic carbocycles. The first-order valence-electron chi connectivity index (χ1n) is 8.04. The zero-order valence-corrected chi connectivity index (χ0v) is 16.3. The number of carbonyl (C=O) groups is 2. The minimum Gasteiger partial charge on any atom is -0.375 e. The van der Waals surface area contributed by atoms with Gasteiger partial charge in [0.1, 0.15) is 18.0 Å². The summed E-state index contributed by atoms with van der Waals surface area (Å²) >= 11 is 7.85. The quantitative estimate of drug-likeness (QED) is 0.772. The predicted octanol–water partition coefficient (Wildman–Crippen LogP) is 1.61. The molecule has 2 rings (SSSR count). The van der Waals surface area contributed by atoms with E-state index < -0.39 is 6.04 Å². The van der Waals surface area contributed by atoms with E-state index in [1.807, 2.05) is 37.2 Å². The lowest BCUT2D eigenvalue weighted by atomic mass is 10.1. The van der Waals surface area contributed by atoms with Gasteiger partial charge in [0.05, 0.1) is 0 Å². The minimum absolute atomic E-state index is 0.0665. The van der Waals surface area contributed by atoms with Crippen molar-refractivity contribution in [1.82, 2.24) is 15.1 Å². The summed E-state index contributed by atoms with van der Waals surface area (Å²) in [5, 5.41) is 3.20. The molecule has 0 radical (unpaired) electrons. The maximum absolute atomic E-state index is 12.6. The van der Waals surface area contributed by atoms with Crippen LogP contribution in [-0.2, 0) is 14.3 Å². The molecule has 1 heterocycles. The number of likely N-dealkylation sites (N-methyl/N-ethyl adjacent to an activating group) is 1. The van der Waals surface area contributed by atoms with Crippen LogP contribution in [0.15, 0.2) is 24.3 Å². The first-order valence-corrected chi connectivity index (χ1v) is 9.47. The molecule has 1 saturated heterocycles. The molecule has 2 atom stereocenters. The number of benzene rings is 1. The average Bonchev–Trinajstić information content (AvgIpc) is 3.00. The first-order chi connectivity index (χ1) is 12.0. The summed E-state index contributed by atoms with van der Waals surface area (Å²) < 4.78 is 5.00. The van der Waals surface area contributed by atoms with Crippen molar-refractivity contribution < 1.29 is 14.3 Å². The smallest absolute Gasteiger partial charge is 0.250 e. The van der Waals surface area contributed by atoms with E-state index in [4.69, 9.17) is 16.3 Å². The summed E-state index contributed by atoms with van der Waals surface area (Å²) in [7, 11) is 5.36. The van der Waals surface area contributed by atoms with E-state index in [9.17, 15) is 9.59 Å². The lowest BCUT2D eigenvalue weighted by Crippen LogP contribution is -2.49. The number of nitrogens with zero attached hydrogens (tertiary/aromatic N) is 2. The fourth-order valence-electron chi connectivity index (χ4n) is 2.65. The maximum Gasteiger partial charge on any atom is 0.250 e. The highest BCUT2D eigenvalue weighted by Crippen LogP contribution is 2.43. The minimum atomic E-state index is -0.531. The van der Waals surface area contributed by atoms with Crippen LogP contribution in [0.3, 0.4) is 0 Å². The van der Waals surface area contributed by atoms with E-state index in [0.717, 1.165) is 12.1 Å². The van der Waals surface area contributed by atoms with Crippen molar-refractivity contribution in [3.05, 3.63) is 34.9 Å². The maximum atomic E-state index is 12.6. The Kier molecular flexibility index (Phi) is 7.56. The van der Waals surface area contributed by atoms with Gasteiger partial charge in [0, 0.05) is 36.5 Å². The number of thioether (sulfide) groups is 1. The van der Waals surface area contributed by atoms with Gasteiger partial charge in [0.15, 0.2) is 0 Å². The summed E-state index contributed by atoms with van der Waals surface area (Å²) in [4.78, 5) is 28.8. The molecule has 1 aliphatic heterocycles. The molecule has 8 heteroatoms. The molecular formula is C17H24ClN3O3S. The van der Waals surface area contributed by atoms with Crippen LogP contribution in [0.1, 0.15) is 10.9 Å². The number of nitrogens with one attached hydrogen (secondary N) is 1. The molecule has 0 saturated carbocycles. The van der Waals surface area contributed by atoms with Crippen molar-refractivity contribution in [2.24, 2.45) is 0 Å². The largest absolute Gasteiger partial charge is 0.375 e. The van der Waals surface area contributed by atoms with Crippen LogP contribution in [-0.4, -0.2) is 74.3 Å². The molecule has 1 N–H and O–H groups in total. The van der Waals surface area contributed by atoms with Gasteiger partial charge < -0.3 is 19.9 Å². The summed E-state index contributed by atoms with van der Waals surface area (Å²) in [5.41, 5.74) is 0.835. The van der Waals surface area contributed by atoms with E-state index in [2.05, 4.69) is 5.32 Å². The highest BCUT2D eigenvalue weighted by Gasteiger charge is 2.42. The molecule has 1 aromatic rings. The van der Waals surface area contributed by atoms with Crippen molar-refractivity contribution >= 4 is 35.2 Å². The predicted molar refractivity (Wildman–Crippen MR) is 101 cm³/mol. The Morgan fingerprint density at radius 3 is 2.76 bits per heavy atom. The molecular weight excluding hydrogens is 362 g/mol. The molecule has 0 spiro atoms. The topological polar surface area (TPSA) is 61.9 Å². The molecule has 6 nitrogen and oxygen atoms in total. The second kappa shape index (κ2) is 9.43. The van der Waals surface area contributed by atoms with Gasteiger partial charge in [-0.25, -0.2) is 0 Å². The van der Waals surface area contributed by atoms with Gasteiger partial charge in [-0.15, -0.1) is 11.8 Å². The normalized spacial score (nSPS) is 20.1. The van der Waals surface area contributed by atoms with Gasteiger partial charge in [-0.2, -0.15) is 0 Å². The summed E-state index contributed by atoms with van der Waals surface area (Å²) in [5.74, 6) is 0.164. The Bertz CT molecular complexity index is 615. The molecule has 1 fully saturated rings. The number of ether oxygens (including phenoxy) is 1. The number of rotatable bonds is 7. The fraction of sp³-hybridized carbons (Fsp3) is 0.529. The van der Waals surface area contributed by atoms with E-state index in [1.54, 1.807) is 22.7 Å². The molecule has 1 aliphatic rings. The summed E-state index contributed by atoms with van der Waals surface area (Å²) in [6.45, 7) is 1.21. The standard InChI is InChI=1S/C17H24ClN3O3S/c1-20(2)9-8-19-16(23)14-11-25-17(21(14)15(22)10-24-3)12-6-4-5-7-13(12)18/h4-7,14,17H,8-11H2,1-3H3,(H,19,23). The van der Waals surface area contributed by atoms with Crippen molar-refractivity contribution in [1.29, 1.82) is 0 Å². The summed E-state index contributed by atoms with van der Waals surface area (Å²) in [6, 6.07) is 6.88. The first kappa shape index (κ1) is 20.0. The molecule has 0 bridgehead atoms. The average molecular weight is 386 g/mol. The number of halogens is 1. The van der Waals surface area contributed by atoms with Gasteiger partial charge in [-0.1, -0.05) is 29.8 Å². The van der Waals surface area contributed by atoms with E-state index in [0.29, 0.717) is 17.3 Å². The van der Waals surface area contributed by atoms with Crippen LogP contribution in [0.4, 0.5) is 0 Å². The van der Waals surface area contributed by atoms with Crippen LogP contribution in [0.25, 0.3) is 0 Å². The molecule has 25 heavy (non-hydrogen) atoms. The molecule has 0 aromatic heterocycles. The second-order valence-electron chi connectivity index (χ2n) is 6.05. The van der Waals surface area contributed by atoms with Crippen LogP contribution < -0.4 is 5.32 Å². The van der Waals surface area contributed by atoms with E-state index in [1.165, 1.54) is 7.11 Å². The number of amides is 2. The third-order valence-corrected chi connectivity index (χ3v) is 5.54. The van der Waals surface area contributed by atoms with Crippen molar-refractivity contribution in [3.8, 4) is 0 Å². The lowest BCUT2D eigenvalue weighted by molar-refractivity contribution is -0.142. The SMILES string of the molecule is COCC(=O)N1C(C(=O)NCCN(C)C)CSC1c1ccccc1Cl. The van der Waals surface area contributed by atoms with Gasteiger partial charge in [0.25, 0.3) is 0 Å². The lowest BCUT2D eigenvalue weighted by Gasteiger charge is -2.29. The van der Waals surface area contributed by atoms with Crippen LogP contribution >= 0.6 is 23.4 Å². The Balaban J connectivity index is 2.18. The van der Waals surface area contributed by atoms with Gasteiger partial charge >= 0.3 is 0 Å². The van der Waals surface area contributed by atoms with Gasteiger partial charge in [-0.3, -0.25) is 9.59 Å². The number of hydrogen-bond acceptors (Lipinski definition) is 5. The third-order valence-electron chi connectivity index (χ3n) is 3.89. The van der Waals surface area contributed by atoms with Crippen molar-refractivity contribution in [2.45, 2.75) is 11.4 Å². The highest BCUT2D eigenvalue weighted by atomic mass is 35.5. The molecule has 138 valence electrons. The monoisotopic (exact) mass is 385 g/mol. The molecule has 1 aromatic carbocycles. The third kappa shape index (κ3) is 5.10. The highest BCUT2D eigenvalue weighted by molar-refractivity contribution is 7.99. The van der Waals surface area contributed by atoms with E-state index in [-0.39, 0.29) is 23.8 Å². The second-order valence-corrected chi connectivity index (χ2v) is 7.57. The number of carbonyl (C=O) groups excluding carboxylic acids is 2. The van der Waals surface area contributed by atoms with Crippen molar-refractivity contribution in [3.63, 3.8) is 0 Å². The number of methoxy groups -OCH3 is 1. The van der Waals surface area contributed by atoms with Crippen molar-refractivity contribution in [2.75, 3.05) is 46.7 Å². The molecule has 2 unspecified atom stereocenters. The Morgan fingerprint density at radius 1 is 1.40 bits per heavy atom. The van der Waals surface area contributed by atoms with Crippen LogP contribution in [0.5, 0.6) is 0 Å². The summed E-state index contributed by atoms with van der Waals surface area (Å²) in [6.07, 6.45) is 0. The number of hydrogen-bond donors (Lipinski definition) is 1. The zero-order valence-electron chi connectivity index (χ0n) is 14.7. The van der Waals surface area contributed by atoms with Gasteiger partial charge in [0.2, 0.25) is 11.8 Å². The Labute approximate surface area is 157 Å². The molecule has 2 amide bonds.